The number of urea groups is 1. The number of hydrogen-bond acceptors (Lipinski definition) is 7. The van der Waals surface area contributed by atoms with Crippen molar-refractivity contribution in [1.29, 1.82) is 0 Å². The lowest BCUT2D eigenvalue weighted by molar-refractivity contribution is -0.125. The Balaban J connectivity index is 1.32. The van der Waals surface area contributed by atoms with Gasteiger partial charge in [-0.3, -0.25) is 19.9 Å². The van der Waals surface area contributed by atoms with Crippen molar-refractivity contribution in [3.63, 3.8) is 0 Å². The third-order valence-corrected chi connectivity index (χ3v) is 8.32. The number of fused-ring (bicyclic) bond motifs is 1. The van der Waals surface area contributed by atoms with Gasteiger partial charge in [0, 0.05) is 44.7 Å². The molecule has 0 saturated carbocycles. The molecule has 3 aliphatic heterocycles. The lowest BCUT2D eigenvalue weighted by Crippen LogP contribution is -2.52. The van der Waals surface area contributed by atoms with Crippen LogP contribution in [0, 0.1) is 0 Å². The second-order valence-electron chi connectivity index (χ2n) is 11.1. The summed E-state index contributed by atoms with van der Waals surface area (Å²) >= 11 is 0. The van der Waals surface area contributed by atoms with E-state index in [9.17, 15) is 14.4 Å². The SMILES string of the molecule is C/C=C(\C=C/c1ccc([C@]2(CN3Cc4ccc(OC)cc4C3=O)NC(=O)NC2=O)o1)CC(=NC)N1CCC(N(C)C)C1. The second kappa shape index (κ2) is 11.8. The van der Waals surface area contributed by atoms with Crippen LogP contribution in [0.2, 0.25) is 0 Å². The number of nitrogens with zero attached hydrogens (tertiary/aromatic N) is 4. The van der Waals surface area contributed by atoms with Crippen molar-refractivity contribution in [1.82, 2.24) is 25.3 Å². The molecule has 0 aliphatic carbocycles. The lowest BCUT2D eigenvalue weighted by atomic mass is 9.95. The van der Waals surface area contributed by atoms with Crippen molar-refractivity contribution < 1.29 is 23.5 Å². The zero-order valence-electron chi connectivity index (χ0n) is 24.8. The van der Waals surface area contributed by atoms with E-state index in [-0.39, 0.29) is 18.2 Å². The van der Waals surface area contributed by atoms with Crippen LogP contribution in [0.3, 0.4) is 0 Å². The molecule has 0 bridgehead atoms. The van der Waals surface area contributed by atoms with Crippen LogP contribution in [-0.4, -0.2) is 92.3 Å². The number of carbonyl (C=O) groups is 3. The summed E-state index contributed by atoms with van der Waals surface area (Å²) < 4.78 is 11.4. The minimum absolute atomic E-state index is 0.0860. The Hall–Kier alpha value is -4.38. The van der Waals surface area contributed by atoms with E-state index in [2.05, 4.69) is 39.5 Å². The molecule has 222 valence electrons. The van der Waals surface area contributed by atoms with E-state index < -0.39 is 17.5 Å². The van der Waals surface area contributed by atoms with Crippen LogP contribution in [0.1, 0.15) is 47.2 Å². The maximum absolute atomic E-state index is 13.3. The first-order valence-corrected chi connectivity index (χ1v) is 14.1. The minimum atomic E-state index is -1.56. The Labute approximate surface area is 245 Å². The molecule has 3 aliphatic rings. The van der Waals surface area contributed by atoms with Gasteiger partial charge in [0.25, 0.3) is 11.8 Å². The summed E-state index contributed by atoms with van der Waals surface area (Å²) in [6, 6.07) is 8.61. The van der Waals surface area contributed by atoms with Gasteiger partial charge in [0.2, 0.25) is 0 Å². The molecule has 5 rings (SSSR count). The first-order valence-electron chi connectivity index (χ1n) is 14.1. The molecule has 1 aromatic carbocycles. The predicted octanol–water partition coefficient (Wildman–Crippen LogP) is 2.99. The summed E-state index contributed by atoms with van der Waals surface area (Å²) in [6.07, 6.45) is 7.65. The van der Waals surface area contributed by atoms with E-state index >= 15 is 0 Å². The molecule has 1 aromatic heterocycles. The Kier molecular flexibility index (Phi) is 8.22. The fourth-order valence-corrected chi connectivity index (χ4v) is 5.77. The third kappa shape index (κ3) is 5.56. The molecule has 2 fully saturated rings. The molecule has 0 spiro atoms. The molecular weight excluding hydrogens is 536 g/mol. The highest BCUT2D eigenvalue weighted by atomic mass is 16.5. The van der Waals surface area contributed by atoms with Gasteiger partial charge in [-0.1, -0.05) is 18.2 Å². The topological polar surface area (TPSA) is 120 Å². The van der Waals surface area contributed by atoms with Crippen molar-refractivity contribution in [2.24, 2.45) is 4.99 Å². The second-order valence-corrected chi connectivity index (χ2v) is 11.1. The fraction of sp³-hybridized carbons (Fsp3) is 0.419. The standard InChI is InChI=1S/C31H38N6O5/c1-6-20(15-27(32-2)36-14-13-22(18-36)35(3)4)7-9-23-11-12-26(42-23)31(29(39)33-30(40)34-31)19-37-17-21-8-10-24(41-5)16-25(21)28(37)38/h6-12,16,22H,13-15,17-19H2,1-5H3,(H2,33,34,39,40)/b9-7-,20-6+,32-27?/t22?,31-/m0/s1. The summed E-state index contributed by atoms with van der Waals surface area (Å²) in [7, 11) is 7.59. The molecule has 2 aromatic rings. The number of furan rings is 1. The highest BCUT2D eigenvalue weighted by Gasteiger charge is 2.52. The van der Waals surface area contributed by atoms with E-state index in [0.717, 1.165) is 36.5 Å². The number of hydrogen-bond donors (Lipinski definition) is 2. The fourth-order valence-electron chi connectivity index (χ4n) is 5.77. The number of benzene rings is 1. The Morgan fingerprint density at radius 2 is 2.05 bits per heavy atom. The number of amidine groups is 1. The highest BCUT2D eigenvalue weighted by molar-refractivity contribution is 6.08. The number of likely N-dealkylation sites (tertiary alicyclic amines) is 1. The van der Waals surface area contributed by atoms with E-state index in [1.807, 2.05) is 38.3 Å². The molecule has 11 nitrogen and oxygen atoms in total. The number of rotatable bonds is 9. The average molecular weight is 575 g/mol. The average Bonchev–Trinajstić information content (AvgIpc) is 3.76. The molecule has 2 N–H and O–H groups in total. The summed E-state index contributed by atoms with van der Waals surface area (Å²) in [5, 5.41) is 5.04. The smallest absolute Gasteiger partial charge is 0.322 e. The van der Waals surface area contributed by atoms with Crippen molar-refractivity contribution in [3.8, 4) is 5.75 Å². The van der Waals surface area contributed by atoms with Gasteiger partial charge >= 0.3 is 6.03 Å². The van der Waals surface area contributed by atoms with E-state index in [4.69, 9.17) is 9.15 Å². The van der Waals surface area contributed by atoms with Gasteiger partial charge < -0.3 is 29.2 Å². The molecule has 2 saturated heterocycles. The van der Waals surface area contributed by atoms with Gasteiger partial charge in [0.1, 0.15) is 23.1 Å². The zero-order valence-corrected chi connectivity index (χ0v) is 24.8. The normalized spacial score (nSPS) is 22.9. The molecule has 4 amide bonds. The lowest BCUT2D eigenvalue weighted by Gasteiger charge is -2.29. The van der Waals surface area contributed by atoms with Gasteiger partial charge in [-0.2, -0.15) is 0 Å². The maximum Gasteiger partial charge on any atom is 0.322 e. The molecule has 11 heteroatoms. The number of methoxy groups -OCH3 is 1. The monoisotopic (exact) mass is 574 g/mol. The summed E-state index contributed by atoms with van der Waals surface area (Å²) in [6.45, 7) is 4.13. The summed E-state index contributed by atoms with van der Waals surface area (Å²) in [5.74, 6) is 1.56. The van der Waals surface area contributed by atoms with Crippen molar-refractivity contribution in [2.45, 2.75) is 37.9 Å². The van der Waals surface area contributed by atoms with Gasteiger partial charge in [0.15, 0.2) is 5.54 Å². The molecule has 1 unspecified atom stereocenters. The molecule has 2 atom stereocenters. The van der Waals surface area contributed by atoms with Crippen molar-refractivity contribution >= 4 is 29.8 Å². The highest BCUT2D eigenvalue weighted by Crippen LogP contribution is 2.33. The van der Waals surface area contributed by atoms with Crippen molar-refractivity contribution in [2.75, 3.05) is 47.9 Å². The van der Waals surface area contributed by atoms with Gasteiger partial charge in [-0.05, 0) is 68.9 Å². The number of aliphatic imine (C=N–C) groups is 1. The van der Waals surface area contributed by atoms with Crippen LogP contribution in [0.4, 0.5) is 4.79 Å². The number of carbonyl (C=O) groups excluding carboxylic acids is 3. The van der Waals surface area contributed by atoms with E-state index in [1.165, 1.54) is 4.90 Å². The quantitative estimate of drug-likeness (QED) is 0.205. The minimum Gasteiger partial charge on any atom is -0.497 e. The van der Waals surface area contributed by atoms with Crippen molar-refractivity contribution in [3.05, 3.63) is 70.7 Å². The molecule has 0 radical (unpaired) electrons. The van der Waals surface area contributed by atoms with Gasteiger partial charge in [0.05, 0.1) is 13.7 Å². The zero-order chi connectivity index (χ0) is 30.0. The van der Waals surface area contributed by atoms with Gasteiger partial charge in [-0.15, -0.1) is 0 Å². The number of nitrogens with one attached hydrogen (secondary N) is 2. The first-order chi connectivity index (χ1) is 20.2. The number of imide groups is 1. The number of ether oxygens (including phenoxy) is 1. The number of likely N-dealkylation sites (N-methyl/N-ethyl adjacent to an activating group) is 1. The number of allylic oxidation sites excluding steroid dienone is 2. The van der Waals surface area contributed by atoms with E-state index in [0.29, 0.717) is 36.1 Å². The first kappa shape index (κ1) is 29.1. The van der Waals surface area contributed by atoms with Crippen LogP contribution in [0.5, 0.6) is 5.75 Å². The Bertz CT molecular complexity index is 1470. The van der Waals surface area contributed by atoms with Crippen LogP contribution in [0.25, 0.3) is 6.08 Å². The molecule has 42 heavy (non-hydrogen) atoms. The van der Waals surface area contributed by atoms with Crippen LogP contribution < -0.4 is 15.4 Å². The molecular formula is C31H38N6O5. The summed E-state index contributed by atoms with van der Waals surface area (Å²) in [5.41, 5.74) is 0.843. The van der Waals surface area contributed by atoms with Crippen LogP contribution in [-0.2, 0) is 16.9 Å². The molecule has 4 heterocycles. The van der Waals surface area contributed by atoms with E-state index in [1.54, 1.807) is 31.4 Å². The predicted molar refractivity (Wildman–Crippen MR) is 159 cm³/mol. The van der Waals surface area contributed by atoms with Gasteiger partial charge in [-0.25, -0.2) is 4.79 Å². The summed E-state index contributed by atoms with van der Waals surface area (Å²) in [4.78, 5) is 49.5. The maximum atomic E-state index is 13.3. The van der Waals surface area contributed by atoms with Crippen LogP contribution in [0.15, 0.2) is 57.5 Å². The Morgan fingerprint density at radius 3 is 2.69 bits per heavy atom. The van der Waals surface area contributed by atoms with Crippen LogP contribution >= 0.6 is 0 Å². The largest absolute Gasteiger partial charge is 0.497 e. The third-order valence-electron chi connectivity index (χ3n) is 8.32. The Morgan fingerprint density at radius 1 is 1.24 bits per heavy atom. The number of amides is 4.